The molecule has 3 heterocycles. The van der Waals surface area contributed by atoms with Gasteiger partial charge in [0.25, 0.3) is 5.91 Å². The Morgan fingerprint density at radius 1 is 1.32 bits per heavy atom. The molecule has 1 atom stereocenters. The first-order valence-electron chi connectivity index (χ1n) is 10.2. The number of amidine groups is 1. The van der Waals surface area contributed by atoms with Gasteiger partial charge in [0.2, 0.25) is 0 Å². The standard InChI is InChI=1S/C22H25ClN4O2S2/c1-30-19-11-14(21(24)27-9-3-2-4-10-27)5-6-16(19)17-12-15(29-26-17)13-25-22(28)18-7-8-20(23)31-18/h5-8,11-12,15,24,26H,2-4,9-10,13H2,1H3,(H,25,28). The van der Waals surface area contributed by atoms with Crippen molar-refractivity contribution < 1.29 is 9.63 Å². The Morgan fingerprint density at radius 2 is 2.13 bits per heavy atom. The zero-order chi connectivity index (χ0) is 21.8. The maximum atomic E-state index is 12.2. The molecule has 1 unspecified atom stereocenters. The molecule has 164 valence electrons. The fraction of sp³-hybridized carbons (Fsp3) is 0.364. The van der Waals surface area contributed by atoms with Crippen LogP contribution in [0.4, 0.5) is 0 Å². The number of halogens is 1. The Hall–Kier alpha value is -2.00. The zero-order valence-corrected chi connectivity index (χ0v) is 19.6. The van der Waals surface area contributed by atoms with Gasteiger partial charge in [-0.05, 0) is 49.8 Å². The lowest BCUT2D eigenvalue weighted by molar-refractivity contribution is 0.0499. The molecule has 2 aromatic rings. The van der Waals surface area contributed by atoms with E-state index in [9.17, 15) is 4.79 Å². The normalized spacial score (nSPS) is 18.5. The smallest absolute Gasteiger partial charge is 0.261 e. The maximum absolute atomic E-state index is 12.2. The Kier molecular flexibility index (Phi) is 7.22. The first-order chi connectivity index (χ1) is 15.0. The van der Waals surface area contributed by atoms with Crippen LogP contribution in [-0.4, -0.2) is 48.6 Å². The monoisotopic (exact) mass is 476 g/mol. The van der Waals surface area contributed by atoms with Crippen molar-refractivity contribution in [2.24, 2.45) is 0 Å². The third-order valence-corrected chi connectivity index (χ3v) is 7.38. The molecule has 1 aromatic heterocycles. The van der Waals surface area contributed by atoms with E-state index < -0.39 is 0 Å². The number of carbonyl (C=O) groups is 1. The van der Waals surface area contributed by atoms with Gasteiger partial charge in [0.05, 0.1) is 21.5 Å². The summed E-state index contributed by atoms with van der Waals surface area (Å²) in [6, 6.07) is 9.55. The summed E-state index contributed by atoms with van der Waals surface area (Å²) < 4.78 is 0.590. The molecule has 1 saturated heterocycles. The van der Waals surface area contributed by atoms with E-state index in [0.29, 0.717) is 21.6 Å². The molecule has 0 radical (unpaired) electrons. The highest BCUT2D eigenvalue weighted by Gasteiger charge is 2.22. The number of hydrogen-bond donors (Lipinski definition) is 3. The van der Waals surface area contributed by atoms with Gasteiger partial charge in [0, 0.05) is 29.1 Å². The van der Waals surface area contributed by atoms with Crippen LogP contribution in [-0.2, 0) is 4.84 Å². The summed E-state index contributed by atoms with van der Waals surface area (Å²) in [5.74, 6) is 0.438. The molecule has 0 aliphatic carbocycles. The molecule has 1 amide bonds. The summed E-state index contributed by atoms with van der Waals surface area (Å²) in [4.78, 5) is 21.7. The van der Waals surface area contributed by atoms with Gasteiger partial charge in [0.15, 0.2) is 0 Å². The number of amides is 1. The van der Waals surface area contributed by atoms with E-state index in [1.54, 1.807) is 23.9 Å². The molecule has 1 fully saturated rings. The largest absolute Gasteiger partial charge is 0.357 e. The Morgan fingerprint density at radius 3 is 2.84 bits per heavy atom. The molecule has 2 aliphatic rings. The first-order valence-corrected chi connectivity index (χ1v) is 12.7. The number of thioether (sulfide) groups is 1. The summed E-state index contributed by atoms with van der Waals surface area (Å²) in [6.07, 6.45) is 7.31. The predicted molar refractivity (Wildman–Crippen MR) is 128 cm³/mol. The minimum Gasteiger partial charge on any atom is -0.357 e. The quantitative estimate of drug-likeness (QED) is 0.322. The second-order valence-electron chi connectivity index (χ2n) is 7.46. The number of hydroxylamine groups is 1. The summed E-state index contributed by atoms with van der Waals surface area (Å²) in [5, 5.41) is 11.5. The lowest BCUT2D eigenvalue weighted by atomic mass is 10.1. The number of thiophene rings is 1. The Balaban J connectivity index is 1.42. The van der Waals surface area contributed by atoms with Crippen molar-refractivity contribution in [3.05, 3.63) is 56.7 Å². The molecule has 3 N–H and O–H groups in total. The molecule has 31 heavy (non-hydrogen) atoms. The van der Waals surface area contributed by atoms with Crippen LogP contribution in [0.3, 0.4) is 0 Å². The van der Waals surface area contributed by atoms with Crippen LogP contribution in [0.5, 0.6) is 0 Å². The van der Waals surface area contributed by atoms with Crippen molar-refractivity contribution in [2.75, 3.05) is 25.9 Å². The summed E-state index contributed by atoms with van der Waals surface area (Å²) in [6.45, 7) is 2.28. The highest BCUT2D eigenvalue weighted by molar-refractivity contribution is 7.98. The first kappa shape index (κ1) is 22.2. The minimum absolute atomic E-state index is 0.160. The molecular weight excluding hydrogens is 452 g/mol. The van der Waals surface area contributed by atoms with Gasteiger partial charge in [-0.15, -0.1) is 23.1 Å². The van der Waals surface area contributed by atoms with Crippen molar-refractivity contribution in [2.45, 2.75) is 30.3 Å². The molecule has 4 rings (SSSR count). The number of nitrogens with zero attached hydrogens (tertiary/aromatic N) is 1. The number of likely N-dealkylation sites (tertiary alicyclic amines) is 1. The van der Waals surface area contributed by atoms with Crippen LogP contribution in [0.15, 0.2) is 41.3 Å². The van der Waals surface area contributed by atoms with Crippen LogP contribution in [0.2, 0.25) is 4.34 Å². The molecular formula is C22H25ClN4O2S2. The molecule has 1 aromatic carbocycles. The van der Waals surface area contributed by atoms with Crippen LogP contribution >= 0.6 is 34.7 Å². The van der Waals surface area contributed by atoms with Crippen LogP contribution in [0.25, 0.3) is 5.70 Å². The average molecular weight is 477 g/mol. The summed E-state index contributed by atoms with van der Waals surface area (Å²) >= 11 is 8.80. The number of nitrogens with one attached hydrogen (secondary N) is 3. The molecule has 2 aliphatic heterocycles. The lowest BCUT2D eigenvalue weighted by Crippen LogP contribution is -2.35. The SMILES string of the molecule is CSc1cc(C(=N)N2CCCCC2)ccc1C1=CC(CNC(=O)c2ccc(Cl)s2)ON1. The topological polar surface area (TPSA) is 77.5 Å². The number of hydrogen-bond acceptors (Lipinski definition) is 6. The van der Waals surface area contributed by atoms with Crippen molar-refractivity contribution in [3.63, 3.8) is 0 Å². The summed E-state index contributed by atoms with van der Waals surface area (Å²) in [5.41, 5.74) is 5.83. The highest BCUT2D eigenvalue weighted by atomic mass is 35.5. The van der Waals surface area contributed by atoms with Gasteiger partial charge in [0.1, 0.15) is 11.9 Å². The number of carbonyl (C=O) groups excluding carboxylic acids is 1. The second-order valence-corrected chi connectivity index (χ2v) is 10.0. The predicted octanol–water partition coefficient (Wildman–Crippen LogP) is 4.61. The molecule has 6 nitrogen and oxygen atoms in total. The maximum Gasteiger partial charge on any atom is 0.261 e. The molecule has 0 saturated carbocycles. The van der Waals surface area contributed by atoms with Gasteiger partial charge in [-0.3, -0.25) is 20.5 Å². The third-order valence-electron chi connectivity index (χ3n) is 5.37. The van der Waals surface area contributed by atoms with Gasteiger partial charge < -0.3 is 10.2 Å². The van der Waals surface area contributed by atoms with Crippen LogP contribution < -0.4 is 10.8 Å². The second kappa shape index (κ2) is 10.1. The molecule has 0 bridgehead atoms. The molecule has 0 spiro atoms. The fourth-order valence-electron chi connectivity index (χ4n) is 3.72. The average Bonchev–Trinajstić information content (AvgIpc) is 3.46. The van der Waals surface area contributed by atoms with Crippen LogP contribution in [0.1, 0.15) is 40.1 Å². The van der Waals surface area contributed by atoms with Gasteiger partial charge in [-0.25, -0.2) is 0 Å². The van der Waals surface area contributed by atoms with Crippen molar-refractivity contribution in [1.29, 1.82) is 5.41 Å². The van der Waals surface area contributed by atoms with Gasteiger partial charge in [-0.1, -0.05) is 23.7 Å². The fourth-order valence-corrected chi connectivity index (χ4v) is 5.32. The molecule has 9 heteroatoms. The van der Waals surface area contributed by atoms with E-state index in [2.05, 4.69) is 21.8 Å². The van der Waals surface area contributed by atoms with Crippen molar-refractivity contribution in [1.82, 2.24) is 15.7 Å². The van der Waals surface area contributed by atoms with Gasteiger partial charge in [-0.2, -0.15) is 0 Å². The number of piperidine rings is 1. The van der Waals surface area contributed by atoms with Crippen LogP contribution in [0, 0.1) is 5.41 Å². The minimum atomic E-state index is -0.268. The van der Waals surface area contributed by atoms with E-state index in [-0.39, 0.29) is 12.0 Å². The van der Waals surface area contributed by atoms with E-state index in [1.165, 1.54) is 17.8 Å². The number of rotatable bonds is 6. The van der Waals surface area contributed by atoms with E-state index in [0.717, 1.165) is 47.7 Å². The van der Waals surface area contributed by atoms with E-state index >= 15 is 0 Å². The highest BCUT2D eigenvalue weighted by Crippen LogP contribution is 2.30. The van der Waals surface area contributed by atoms with E-state index in [1.807, 2.05) is 24.5 Å². The Labute approximate surface area is 195 Å². The zero-order valence-electron chi connectivity index (χ0n) is 17.2. The van der Waals surface area contributed by atoms with Crippen molar-refractivity contribution >= 4 is 52.1 Å². The lowest BCUT2D eigenvalue weighted by Gasteiger charge is -2.29. The number of benzene rings is 1. The third kappa shape index (κ3) is 5.26. The van der Waals surface area contributed by atoms with Gasteiger partial charge >= 0.3 is 0 Å². The Bertz CT molecular complexity index is 1000. The summed E-state index contributed by atoms with van der Waals surface area (Å²) in [7, 11) is 0. The van der Waals surface area contributed by atoms with Crippen molar-refractivity contribution in [3.8, 4) is 0 Å². The van der Waals surface area contributed by atoms with E-state index in [4.69, 9.17) is 21.8 Å².